The Morgan fingerprint density at radius 2 is 1.65 bits per heavy atom. The van der Waals surface area contributed by atoms with Crippen molar-refractivity contribution in [3.8, 4) is 11.3 Å². The van der Waals surface area contributed by atoms with Crippen LogP contribution < -0.4 is 5.32 Å². The van der Waals surface area contributed by atoms with Gasteiger partial charge in [0.25, 0.3) is 0 Å². The number of nitrogens with zero attached hydrogens (tertiary/aromatic N) is 2. The molecule has 0 saturated heterocycles. The molecule has 3 aromatic rings. The molecule has 116 valence electrons. The van der Waals surface area contributed by atoms with Gasteiger partial charge in [0.2, 0.25) is 0 Å². The maximum atomic E-state index is 13.1. The number of aryl methyl sites for hydroxylation is 1. The lowest BCUT2D eigenvalue weighted by molar-refractivity contribution is 0.628. The van der Waals surface area contributed by atoms with Crippen LogP contribution in [-0.4, -0.2) is 9.97 Å². The lowest BCUT2D eigenvalue weighted by Gasteiger charge is -2.16. The topological polar surface area (TPSA) is 37.8 Å². The van der Waals surface area contributed by atoms with E-state index in [2.05, 4.69) is 34.3 Å². The summed E-state index contributed by atoms with van der Waals surface area (Å²) >= 11 is 0. The molecule has 0 amide bonds. The van der Waals surface area contributed by atoms with Gasteiger partial charge >= 0.3 is 0 Å². The van der Waals surface area contributed by atoms with E-state index in [1.165, 1.54) is 17.7 Å². The van der Waals surface area contributed by atoms with Crippen LogP contribution in [0.1, 0.15) is 24.4 Å². The predicted octanol–water partition coefficient (Wildman–Crippen LogP) is 4.76. The lowest BCUT2D eigenvalue weighted by Crippen LogP contribution is -2.09. The highest BCUT2D eigenvalue weighted by molar-refractivity contribution is 5.62. The van der Waals surface area contributed by atoms with Gasteiger partial charge in [0.1, 0.15) is 17.5 Å². The second-order valence-electron chi connectivity index (χ2n) is 5.47. The monoisotopic (exact) mass is 307 g/mol. The molecule has 0 aliphatic heterocycles. The van der Waals surface area contributed by atoms with Crippen LogP contribution in [0.5, 0.6) is 0 Å². The molecule has 3 rings (SSSR count). The smallest absolute Gasteiger partial charge is 0.130 e. The molecule has 0 spiro atoms. The normalized spacial score (nSPS) is 12.0. The predicted molar refractivity (Wildman–Crippen MR) is 90.6 cm³/mol. The summed E-state index contributed by atoms with van der Waals surface area (Å²) in [6, 6.07) is 18.5. The van der Waals surface area contributed by atoms with Crippen molar-refractivity contribution in [3.05, 3.63) is 77.9 Å². The van der Waals surface area contributed by atoms with E-state index < -0.39 is 0 Å². The molecule has 0 saturated carbocycles. The molecule has 4 heteroatoms. The summed E-state index contributed by atoms with van der Waals surface area (Å²) in [6.07, 6.45) is 0. The average molecular weight is 307 g/mol. The lowest BCUT2D eigenvalue weighted by atomic mass is 10.1. The quantitative estimate of drug-likeness (QED) is 0.755. The molecule has 2 aromatic carbocycles. The number of anilines is 1. The van der Waals surface area contributed by atoms with Crippen LogP contribution in [0.3, 0.4) is 0 Å². The molecule has 0 radical (unpaired) electrons. The van der Waals surface area contributed by atoms with Gasteiger partial charge < -0.3 is 5.32 Å². The number of nitrogens with one attached hydrogen (secondary N) is 1. The first-order valence-electron chi connectivity index (χ1n) is 7.55. The van der Waals surface area contributed by atoms with E-state index >= 15 is 0 Å². The molecular formula is C19H18FN3. The van der Waals surface area contributed by atoms with E-state index in [-0.39, 0.29) is 11.9 Å². The SMILES string of the molecule is Cc1nc(NC(C)c2ccccc2)cc(-c2ccc(F)cc2)n1. The van der Waals surface area contributed by atoms with Gasteiger partial charge in [0, 0.05) is 17.7 Å². The van der Waals surface area contributed by atoms with Crippen LogP contribution in [0.2, 0.25) is 0 Å². The summed E-state index contributed by atoms with van der Waals surface area (Å²) < 4.78 is 13.1. The summed E-state index contributed by atoms with van der Waals surface area (Å²) in [6.45, 7) is 3.94. The van der Waals surface area contributed by atoms with Crippen molar-refractivity contribution in [2.75, 3.05) is 5.32 Å². The summed E-state index contributed by atoms with van der Waals surface area (Å²) in [5.74, 6) is 1.18. The minimum Gasteiger partial charge on any atom is -0.363 e. The second kappa shape index (κ2) is 6.57. The highest BCUT2D eigenvalue weighted by atomic mass is 19.1. The summed E-state index contributed by atoms with van der Waals surface area (Å²) in [7, 11) is 0. The highest BCUT2D eigenvalue weighted by Crippen LogP contribution is 2.23. The highest BCUT2D eigenvalue weighted by Gasteiger charge is 2.09. The van der Waals surface area contributed by atoms with Gasteiger partial charge in [-0.05, 0) is 43.7 Å². The fraction of sp³-hybridized carbons (Fsp3) is 0.158. The number of rotatable bonds is 4. The van der Waals surface area contributed by atoms with Crippen molar-refractivity contribution >= 4 is 5.82 Å². The molecule has 23 heavy (non-hydrogen) atoms. The Balaban J connectivity index is 1.87. The summed E-state index contributed by atoms with van der Waals surface area (Å²) in [5.41, 5.74) is 2.83. The van der Waals surface area contributed by atoms with Gasteiger partial charge in [-0.15, -0.1) is 0 Å². The zero-order valence-corrected chi connectivity index (χ0v) is 13.1. The van der Waals surface area contributed by atoms with E-state index in [0.29, 0.717) is 5.82 Å². The number of hydrogen-bond donors (Lipinski definition) is 1. The van der Waals surface area contributed by atoms with Crippen molar-refractivity contribution in [1.29, 1.82) is 0 Å². The first-order valence-corrected chi connectivity index (χ1v) is 7.55. The molecule has 1 unspecified atom stereocenters. The molecule has 0 bridgehead atoms. The van der Waals surface area contributed by atoms with Crippen molar-refractivity contribution in [2.45, 2.75) is 19.9 Å². The number of benzene rings is 2. The maximum Gasteiger partial charge on any atom is 0.130 e. The van der Waals surface area contributed by atoms with Gasteiger partial charge in [-0.25, -0.2) is 14.4 Å². The van der Waals surface area contributed by atoms with E-state index in [0.717, 1.165) is 17.1 Å². The largest absolute Gasteiger partial charge is 0.363 e. The molecule has 3 nitrogen and oxygen atoms in total. The average Bonchev–Trinajstić information content (AvgIpc) is 2.56. The van der Waals surface area contributed by atoms with E-state index in [4.69, 9.17) is 0 Å². The molecule has 1 heterocycles. The van der Waals surface area contributed by atoms with Crippen LogP contribution in [0.15, 0.2) is 60.7 Å². The first-order chi connectivity index (χ1) is 11.1. The summed E-state index contributed by atoms with van der Waals surface area (Å²) in [5, 5.41) is 3.40. The molecule has 1 atom stereocenters. The number of hydrogen-bond acceptors (Lipinski definition) is 3. The third-order valence-corrected chi connectivity index (χ3v) is 3.64. The Bertz CT molecular complexity index is 785. The fourth-order valence-corrected chi connectivity index (χ4v) is 2.46. The van der Waals surface area contributed by atoms with Crippen molar-refractivity contribution in [1.82, 2.24) is 9.97 Å². The van der Waals surface area contributed by atoms with E-state index in [1.54, 1.807) is 12.1 Å². The molecule has 1 aromatic heterocycles. The van der Waals surface area contributed by atoms with Crippen molar-refractivity contribution < 1.29 is 4.39 Å². The Morgan fingerprint density at radius 1 is 0.957 bits per heavy atom. The maximum absolute atomic E-state index is 13.1. The third kappa shape index (κ3) is 3.72. The molecular weight excluding hydrogens is 289 g/mol. The van der Waals surface area contributed by atoms with Gasteiger partial charge in [-0.3, -0.25) is 0 Å². The number of halogens is 1. The number of aromatic nitrogens is 2. The zero-order valence-electron chi connectivity index (χ0n) is 13.1. The van der Waals surface area contributed by atoms with Crippen LogP contribution in [0.25, 0.3) is 11.3 Å². The van der Waals surface area contributed by atoms with Crippen molar-refractivity contribution in [3.63, 3.8) is 0 Å². The molecule has 0 aliphatic carbocycles. The zero-order chi connectivity index (χ0) is 16.2. The Kier molecular flexibility index (Phi) is 4.33. The fourth-order valence-electron chi connectivity index (χ4n) is 2.46. The third-order valence-electron chi connectivity index (χ3n) is 3.64. The van der Waals surface area contributed by atoms with Crippen LogP contribution in [0.4, 0.5) is 10.2 Å². The molecule has 0 aliphatic rings. The van der Waals surface area contributed by atoms with E-state index in [1.807, 2.05) is 31.2 Å². The Morgan fingerprint density at radius 3 is 2.35 bits per heavy atom. The standard InChI is InChI=1S/C19H18FN3/c1-13(15-6-4-3-5-7-15)21-19-12-18(22-14(2)23-19)16-8-10-17(20)11-9-16/h3-13H,1-2H3,(H,21,22,23). The van der Waals surface area contributed by atoms with E-state index in [9.17, 15) is 4.39 Å². The van der Waals surface area contributed by atoms with Gasteiger partial charge in [0.15, 0.2) is 0 Å². The second-order valence-corrected chi connectivity index (χ2v) is 5.47. The Hall–Kier alpha value is -2.75. The first kappa shape index (κ1) is 15.2. The summed E-state index contributed by atoms with van der Waals surface area (Å²) in [4.78, 5) is 8.89. The minimum atomic E-state index is -0.254. The molecule has 0 fully saturated rings. The Labute approximate surface area is 135 Å². The minimum absolute atomic E-state index is 0.131. The van der Waals surface area contributed by atoms with Gasteiger partial charge in [-0.2, -0.15) is 0 Å². The van der Waals surface area contributed by atoms with Crippen LogP contribution in [0, 0.1) is 12.7 Å². The van der Waals surface area contributed by atoms with Gasteiger partial charge in [0.05, 0.1) is 5.69 Å². The van der Waals surface area contributed by atoms with Crippen LogP contribution >= 0.6 is 0 Å². The van der Waals surface area contributed by atoms with Crippen molar-refractivity contribution in [2.24, 2.45) is 0 Å². The van der Waals surface area contributed by atoms with Crippen LogP contribution in [-0.2, 0) is 0 Å². The molecule has 1 N–H and O–H groups in total. The van der Waals surface area contributed by atoms with Gasteiger partial charge in [-0.1, -0.05) is 30.3 Å².